The first-order chi connectivity index (χ1) is 11.7. The third-order valence-electron chi connectivity index (χ3n) is 3.67. The lowest BCUT2D eigenvalue weighted by molar-refractivity contribution is 0.0600. The maximum Gasteiger partial charge on any atom is 0.337 e. The third kappa shape index (κ3) is 3.63. The van der Waals surface area contributed by atoms with Crippen molar-refractivity contribution in [2.75, 3.05) is 14.2 Å². The Morgan fingerprint density at radius 2 is 1.75 bits per heavy atom. The maximum absolute atomic E-state index is 11.4. The number of benzene rings is 2. The number of nitrogens with zero attached hydrogens (tertiary/aromatic N) is 1. The van der Waals surface area contributed by atoms with Crippen molar-refractivity contribution in [2.45, 2.75) is 6.42 Å². The summed E-state index contributed by atoms with van der Waals surface area (Å²) in [5.41, 5.74) is 3.70. The zero-order valence-corrected chi connectivity index (χ0v) is 14.3. The molecule has 122 valence electrons. The molecule has 0 N–H and O–H groups in total. The van der Waals surface area contributed by atoms with E-state index in [1.54, 1.807) is 30.6 Å². The monoisotopic (exact) mass is 339 g/mol. The second-order valence-corrected chi connectivity index (χ2v) is 6.16. The van der Waals surface area contributed by atoms with Crippen molar-refractivity contribution in [1.29, 1.82) is 0 Å². The number of hydrogen-bond donors (Lipinski definition) is 0. The molecule has 0 spiro atoms. The number of hydrogen-bond acceptors (Lipinski definition) is 5. The number of ether oxygens (including phenoxy) is 2. The van der Waals surface area contributed by atoms with Gasteiger partial charge in [-0.2, -0.15) is 0 Å². The summed E-state index contributed by atoms with van der Waals surface area (Å²) < 4.78 is 9.88. The minimum absolute atomic E-state index is 0.322. The second-order valence-electron chi connectivity index (χ2n) is 5.22. The van der Waals surface area contributed by atoms with E-state index in [1.807, 2.05) is 36.4 Å². The first-order valence-corrected chi connectivity index (χ1v) is 8.33. The molecular weight excluding hydrogens is 322 g/mol. The average Bonchev–Trinajstić information content (AvgIpc) is 3.10. The van der Waals surface area contributed by atoms with Crippen LogP contribution in [-0.4, -0.2) is 25.2 Å². The van der Waals surface area contributed by atoms with E-state index in [0.29, 0.717) is 5.56 Å². The molecule has 0 saturated carbocycles. The minimum Gasteiger partial charge on any atom is -0.497 e. The molecule has 1 heterocycles. The van der Waals surface area contributed by atoms with E-state index in [9.17, 15) is 4.79 Å². The summed E-state index contributed by atoms with van der Waals surface area (Å²) in [6, 6.07) is 15.3. The largest absolute Gasteiger partial charge is 0.497 e. The highest BCUT2D eigenvalue weighted by Gasteiger charge is 2.08. The van der Waals surface area contributed by atoms with Gasteiger partial charge >= 0.3 is 5.97 Å². The summed E-state index contributed by atoms with van der Waals surface area (Å²) >= 11 is 1.63. The van der Waals surface area contributed by atoms with Crippen molar-refractivity contribution in [3.63, 3.8) is 0 Å². The van der Waals surface area contributed by atoms with Crippen LogP contribution in [0.1, 0.15) is 20.9 Å². The summed E-state index contributed by atoms with van der Waals surface area (Å²) in [6.45, 7) is 0. The van der Waals surface area contributed by atoms with Crippen LogP contribution in [-0.2, 0) is 11.2 Å². The van der Waals surface area contributed by atoms with Gasteiger partial charge in [0.1, 0.15) is 5.75 Å². The Labute approximate surface area is 144 Å². The fourth-order valence-electron chi connectivity index (χ4n) is 2.34. The number of aromatic nitrogens is 1. The summed E-state index contributed by atoms with van der Waals surface area (Å²) in [5, 5.41) is 3.09. The predicted molar refractivity (Wildman–Crippen MR) is 94.7 cm³/mol. The molecule has 0 fully saturated rings. The lowest BCUT2D eigenvalue weighted by Gasteiger charge is -2.02. The predicted octanol–water partition coefficient (Wildman–Crippen LogP) is 4.20. The molecule has 24 heavy (non-hydrogen) atoms. The van der Waals surface area contributed by atoms with Crippen LogP contribution in [0.15, 0.2) is 53.9 Å². The topological polar surface area (TPSA) is 48.4 Å². The van der Waals surface area contributed by atoms with E-state index in [1.165, 1.54) is 7.11 Å². The van der Waals surface area contributed by atoms with E-state index >= 15 is 0 Å². The number of esters is 1. The molecule has 0 atom stereocenters. The summed E-state index contributed by atoms with van der Waals surface area (Å²) in [4.78, 5) is 16.1. The Balaban J connectivity index is 1.72. The van der Waals surface area contributed by atoms with Gasteiger partial charge in [-0.25, -0.2) is 9.78 Å². The quantitative estimate of drug-likeness (QED) is 0.654. The highest BCUT2D eigenvalue weighted by atomic mass is 32.1. The van der Waals surface area contributed by atoms with E-state index in [0.717, 1.165) is 34.0 Å². The smallest absolute Gasteiger partial charge is 0.337 e. The van der Waals surface area contributed by atoms with Gasteiger partial charge in [0, 0.05) is 17.4 Å². The molecule has 0 radical (unpaired) electrons. The highest BCUT2D eigenvalue weighted by Crippen LogP contribution is 2.25. The summed E-state index contributed by atoms with van der Waals surface area (Å²) in [5.74, 6) is 0.512. The standard InChI is InChI=1S/C19H17NO3S/c1-22-16-9-7-14(8-10-16)17-12-24-18(20-17)11-13-3-5-15(6-4-13)19(21)23-2/h3-10,12H,11H2,1-2H3. The Kier molecular flexibility index (Phi) is 4.91. The Morgan fingerprint density at radius 1 is 1.04 bits per heavy atom. The van der Waals surface area contributed by atoms with Crippen molar-refractivity contribution < 1.29 is 14.3 Å². The van der Waals surface area contributed by atoms with Crippen molar-refractivity contribution in [3.05, 3.63) is 70.0 Å². The van der Waals surface area contributed by atoms with E-state index in [2.05, 4.69) is 5.38 Å². The van der Waals surface area contributed by atoms with Crippen LogP contribution in [0.4, 0.5) is 0 Å². The minimum atomic E-state index is -0.322. The first-order valence-electron chi connectivity index (χ1n) is 7.45. The van der Waals surface area contributed by atoms with Crippen LogP contribution in [0.5, 0.6) is 5.75 Å². The number of carbonyl (C=O) groups is 1. The Hall–Kier alpha value is -2.66. The average molecular weight is 339 g/mol. The molecule has 0 unspecified atom stereocenters. The molecule has 0 amide bonds. The van der Waals surface area contributed by atoms with Crippen LogP contribution < -0.4 is 4.74 Å². The van der Waals surface area contributed by atoms with E-state index < -0.39 is 0 Å². The zero-order chi connectivity index (χ0) is 16.9. The van der Waals surface area contributed by atoms with E-state index in [-0.39, 0.29) is 5.97 Å². The molecule has 0 bridgehead atoms. The van der Waals surface area contributed by atoms with Gasteiger partial charge in [-0.1, -0.05) is 12.1 Å². The molecule has 3 rings (SSSR count). The summed E-state index contributed by atoms with van der Waals surface area (Å²) in [6.07, 6.45) is 0.738. The molecule has 0 aliphatic rings. The molecule has 0 aliphatic carbocycles. The normalized spacial score (nSPS) is 10.4. The SMILES string of the molecule is COC(=O)c1ccc(Cc2nc(-c3ccc(OC)cc3)cs2)cc1. The van der Waals surface area contributed by atoms with Gasteiger partial charge in [0.25, 0.3) is 0 Å². The third-order valence-corrected chi connectivity index (χ3v) is 4.52. The molecule has 0 aliphatic heterocycles. The van der Waals surface area contributed by atoms with Crippen LogP contribution in [0.2, 0.25) is 0 Å². The molecule has 5 heteroatoms. The number of rotatable bonds is 5. The second kappa shape index (κ2) is 7.27. The van der Waals surface area contributed by atoms with Gasteiger partial charge in [0.05, 0.1) is 30.5 Å². The Morgan fingerprint density at radius 3 is 2.38 bits per heavy atom. The van der Waals surface area contributed by atoms with Crippen molar-refractivity contribution >= 4 is 17.3 Å². The molecule has 0 saturated heterocycles. The highest BCUT2D eigenvalue weighted by molar-refractivity contribution is 7.10. The van der Waals surface area contributed by atoms with Gasteiger partial charge in [0.2, 0.25) is 0 Å². The van der Waals surface area contributed by atoms with Crippen LogP contribution in [0, 0.1) is 0 Å². The summed E-state index contributed by atoms with van der Waals surface area (Å²) in [7, 11) is 3.04. The van der Waals surface area contributed by atoms with Gasteiger partial charge in [-0.15, -0.1) is 11.3 Å². The molecule has 2 aromatic carbocycles. The first kappa shape index (κ1) is 16.2. The van der Waals surface area contributed by atoms with Crippen molar-refractivity contribution in [3.8, 4) is 17.0 Å². The van der Waals surface area contributed by atoms with Gasteiger partial charge in [-0.3, -0.25) is 0 Å². The van der Waals surface area contributed by atoms with Gasteiger partial charge < -0.3 is 9.47 Å². The fraction of sp³-hybridized carbons (Fsp3) is 0.158. The van der Waals surface area contributed by atoms with Crippen molar-refractivity contribution in [1.82, 2.24) is 4.98 Å². The van der Waals surface area contributed by atoms with Gasteiger partial charge in [-0.05, 0) is 42.0 Å². The van der Waals surface area contributed by atoms with Gasteiger partial charge in [0.15, 0.2) is 0 Å². The lowest BCUT2D eigenvalue weighted by Crippen LogP contribution is -2.00. The van der Waals surface area contributed by atoms with E-state index in [4.69, 9.17) is 14.5 Å². The van der Waals surface area contributed by atoms with Crippen LogP contribution >= 0.6 is 11.3 Å². The lowest BCUT2D eigenvalue weighted by atomic mass is 10.1. The fourth-order valence-corrected chi connectivity index (χ4v) is 3.18. The van der Waals surface area contributed by atoms with Crippen LogP contribution in [0.3, 0.4) is 0 Å². The molecule has 4 nitrogen and oxygen atoms in total. The van der Waals surface area contributed by atoms with Crippen molar-refractivity contribution in [2.24, 2.45) is 0 Å². The van der Waals surface area contributed by atoms with Crippen LogP contribution in [0.25, 0.3) is 11.3 Å². The number of carbonyl (C=O) groups excluding carboxylic acids is 1. The molecule has 1 aromatic heterocycles. The molecular formula is C19H17NO3S. The molecule has 3 aromatic rings. The number of methoxy groups -OCH3 is 2. The zero-order valence-electron chi connectivity index (χ0n) is 13.5. The number of thiazole rings is 1. The Bertz CT molecular complexity index is 823. The maximum atomic E-state index is 11.4.